The number of nitrogens with two attached hydrogens (primary N) is 1. The second-order valence-corrected chi connectivity index (χ2v) is 5.06. The fraction of sp³-hybridized carbons (Fsp3) is 0.429. The van der Waals surface area contributed by atoms with Crippen LogP contribution in [0.25, 0.3) is 0 Å². The Morgan fingerprint density at radius 1 is 1.64 bits per heavy atom. The van der Waals surface area contributed by atoms with Crippen LogP contribution in [0.1, 0.15) is 19.4 Å². The minimum Gasteiger partial charge on any atom is -0.294 e. The van der Waals surface area contributed by atoms with E-state index in [1.807, 2.05) is 25.3 Å². The summed E-state index contributed by atoms with van der Waals surface area (Å²) in [6.07, 6.45) is 0. The third-order valence-electron chi connectivity index (χ3n) is 1.56. The first-order valence-electron chi connectivity index (χ1n) is 3.18. The van der Waals surface area contributed by atoms with E-state index in [-0.39, 0.29) is 5.60 Å². The average molecular weight is 236 g/mol. The zero-order chi connectivity index (χ0) is 8.48. The van der Waals surface area contributed by atoms with Crippen molar-refractivity contribution in [3.63, 3.8) is 0 Å². The van der Waals surface area contributed by atoms with Crippen LogP contribution in [0, 0.1) is 0 Å². The molecule has 0 aliphatic heterocycles. The average Bonchev–Trinajstić information content (AvgIpc) is 2.36. The van der Waals surface area contributed by atoms with Crippen molar-refractivity contribution in [1.82, 2.24) is 0 Å². The van der Waals surface area contributed by atoms with Gasteiger partial charge < -0.3 is 0 Å². The second kappa shape index (κ2) is 3.23. The van der Waals surface area contributed by atoms with Gasteiger partial charge in [0.1, 0.15) is 5.60 Å². The molecule has 0 amide bonds. The molecule has 0 radical (unpaired) electrons. The summed E-state index contributed by atoms with van der Waals surface area (Å²) >= 11 is 5.00. The van der Waals surface area contributed by atoms with E-state index in [0.29, 0.717) is 0 Å². The molecule has 0 fully saturated rings. The summed E-state index contributed by atoms with van der Waals surface area (Å²) in [5.74, 6) is 5.14. The molecule has 0 spiro atoms. The van der Waals surface area contributed by atoms with E-state index in [1.165, 1.54) is 0 Å². The van der Waals surface area contributed by atoms with Gasteiger partial charge in [-0.15, -0.1) is 11.3 Å². The van der Waals surface area contributed by atoms with Gasteiger partial charge in [0.05, 0.1) is 3.79 Å². The molecule has 2 N–H and O–H groups in total. The lowest BCUT2D eigenvalue weighted by atomic mass is 10.0. The molecule has 62 valence electrons. The SMILES string of the molecule is CC(C)(ON)c1csc(Br)c1. The highest BCUT2D eigenvalue weighted by Gasteiger charge is 2.21. The molecular weight excluding hydrogens is 226 g/mol. The number of rotatable bonds is 2. The Labute approximate surface area is 78.4 Å². The van der Waals surface area contributed by atoms with Crippen LogP contribution in [0.2, 0.25) is 0 Å². The van der Waals surface area contributed by atoms with Crippen molar-refractivity contribution in [3.8, 4) is 0 Å². The summed E-state index contributed by atoms with van der Waals surface area (Å²) in [4.78, 5) is 4.82. The molecule has 1 rings (SSSR count). The van der Waals surface area contributed by atoms with Gasteiger partial charge in [-0.3, -0.25) is 4.84 Å². The highest BCUT2D eigenvalue weighted by atomic mass is 79.9. The molecule has 0 unspecified atom stereocenters. The van der Waals surface area contributed by atoms with Crippen molar-refractivity contribution >= 4 is 27.3 Å². The molecule has 11 heavy (non-hydrogen) atoms. The molecule has 0 aliphatic carbocycles. The molecular formula is C7H10BrNOS. The molecule has 1 aromatic heterocycles. The van der Waals surface area contributed by atoms with E-state index in [2.05, 4.69) is 15.9 Å². The van der Waals surface area contributed by atoms with Crippen LogP contribution >= 0.6 is 27.3 Å². The summed E-state index contributed by atoms with van der Waals surface area (Å²) in [6, 6.07) is 2.01. The van der Waals surface area contributed by atoms with Crippen molar-refractivity contribution in [2.45, 2.75) is 19.4 Å². The highest BCUT2D eigenvalue weighted by Crippen LogP contribution is 2.30. The number of hydrogen-bond donors (Lipinski definition) is 1. The molecule has 0 bridgehead atoms. The normalized spacial score (nSPS) is 12.0. The van der Waals surface area contributed by atoms with Gasteiger partial charge in [0.2, 0.25) is 0 Å². The summed E-state index contributed by atoms with van der Waals surface area (Å²) < 4.78 is 1.10. The molecule has 0 aromatic carbocycles. The fourth-order valence-corrected chi connectivity index (χ4v) is 2.01. The lowest BCUT2D eigenvalue weighted by Gasteiger charge is -2.19. The Morgan fingerprint density at radius 3 is 2.64 bits per heavy atom. The molecule has 1 heterocycles. The summed E-state index contributed by atoms with van der Waals surface area (Å²) in [6.45, 7) is 3.86. The van der Waals surface area contributed by atoms with E-state index in [0.717, 1.165) is 9.35 Å². The number of thiophene rings is 1. The van der Waals surface area contributed by atoms with Gasteiger partial charge in [0, 0.05) is 0 Å². The molecule has 0 saturated heterocycles. The summed E-state index contributed by atoms with van der Waals surface area (Å²) in [5.41, 5.74) is 0.708. The molecule has 1 aromatic rings. The van der Waals surface area contributed by atoms with Crippen molar-refractivity contribution in [1.29, 1.82) is 0 Å². The largest absolute Gasteiger partial charge is 0.294 e. The van der Waals surface area contributed by atoms with E-state index < -0.39 is 0 Å². The van der Waals surface area contributed by atoms with E-state index >= 15 is 0 Å². The maximum Gasteiger partial charge on any atom is 0.109 e. The topological polar surface area (TPSA) is 35.2 Å². The quantitative estimate of drug-likeness (QED) is 0.801. The standard InChI is InChI=1S/C7H10BrNOS/c1-7(2,10-9)5-3-6(8)11-4-5/h3-4H,9H2,1-2H3. The van der Waals surface area contributed by atoms with Crippen LogP contribution < -0.4 is 5.90 Å². The Hall–Kier alpha value is 0.100. The first-order chi connectivity index (χ1) is 5.06. The number of hydrogen-bond acceptors (Lipinski definition) is 3. The van der Waals surface area contributed by atoms with Gasteiger partial charge in [-0.2, -0.15) is 0 Å². The van der Waals surface area contributed by atoms with Crippen LogP contribution in [0.5, 0.6) is 0 Å². The highest BCUT2D eigenvalue weighted by molar-refractivity contribution is 9.11. The van der Waals surface area contributed by atoms with Crippen molar-refractivity contribution in [3.05, 3.63) is 20.8 Å². The van der Waals surface area contributed by atoms with Gasteiger partial charge in [0.25, 0.3) is 0 Å². The maximum atomic E-state index is 5.14. The second-order valence-electron chi connectivity index (χ2n) is 2.77. The lowest BCUT2D eigenvalue weighted by molar-refractivity contribution is -0.0233. The third kappa shape index (κ3) is 2.02. The summed E-state index contributed by atoms with van der Waals surface area (Å²) in [5, 5.41) is 2.02. The molecule has 4 heteroatoms. The van der Waals surface area contributed by atoms with Gasteiger partial charge in [-0.05, 0) is 46.8 Å². The zero-order valence-corrected chi connectivity index (χ0v) is 8.83. The lowest BCUT2D eigenvalue weighted by Crippen LogP contribution is -2.24. The predicted octanol–water partition coefficient (Wildman–Crippen LogP) is 2.64. The molecule has 0 atom stereocenters. The summed E-state index contributed by atoms with van der Waals surface area (Å²) in [7, 11) is 0. The van der Waals surface area contributed by atoms with Gasteiger partial charge in [-0.1, -0.05) is 0 Å². The monoisotopic (exact) mass is 235 g/mol. The molecule has 0 aliphatic rings. The van der Waals surface area contributed by atoms with Gasteiger partial charge in [-0.25, -0.2) is 5.90 Å². The third-order valence-corrected chi connectivity index (χ3v) is 3.06. The van der Waals surface area contributed by atoms with Crippen molar-refractivity contribution in [2.75, 3.05) is 0 Å². The van der Waals surface area contributed by atoms with Crippen LogP contribution in [0.4, 0.5) is 0 Å². The minimum atomic E-state index is -0.386. The predicted molar refractivity (Wildman–Crippen MR) is 50.3 cm³/mol. The van der Waals surface area contributed by atoms with E-state index in [1.54, 1.807) is 11.3 Å². The molecule has 0 saturated carbocycles. The first kappa shape index (κ1) is 9.19. The number of halogens is 1. The first-order valence-corrected chi connectivity index (χ1v) is 4.86. The van der Waals surface area contributed by atoms with Gasteiger partial charge in [0.15, 0.2) is 0 Å². The van der Waals surface area contributed by atoms with Crippen LogP contribution in [0.15, 0.2) is 15.2 Å². The Balaban J connectivity index is 2.92. The van der Waals surface area contributed by atoms with Crippen molar-refractivity contribution < 1.29 is 4.84 Å². The molecule has 2 nitrogen and oxygen atoms in total. The van der Waals surface area contributed by atoms with Crippen LogP contribution in [-0.2, 0) is 10.4 Å². The van der Waals surface area contributed by atoms with Crippen molar-refractivity contribution in [2.24, 2.45) is 5.90 Å². The Morgan fingerprint density at radius 2 is 2.27 bits per heavy atom. The maximum absolute atomic E-state index is 5.14. The fourth-order valence-electron chi connectivity index (χ4n) is 0.694. The van der Waals surface area contributed by atoms with E-state index in [4.69, 9.17) is 10.7 Å². The van der Waals surface area contributed by atoms with Gasteiger partial charge >= 0.3 is 0 Å². The smallest absolute Gasteiger partial charge is 0.109 e. The van der Waals surface area contributed by atoms with Crippen LogP contribution in [-0.4, -0.2) is 0 Å². The van der Waals surface area contributed by atoms with E-state index in [9.17, 15) is 0 Å². The minimum absolute atomic E-state index is 0.386. The zero-order valence-electron chi connectivity index (χ0n) is 6.43. The Bertz CT molecular complexity index is 246. The Kier molecular flexibility index (Phi) is 2.70. The van der Waals surface area contributed by atoms with Crippen LogP contribution in [0.3, 0.4) is 0 Å².